The summed E-state index contributed by atoms with van der Waals surface area (Å²) < 4.78 is 10.8. The number of nitrogens with zero attached hydrogens (tertiary/aromatic N) is 1. The smallest absolute Gasteiger partial charge is 0.195 e. The number of benzene rings is 1. The van der Waals surface area contributed by atoms with E-state index in [4.69, 9.17) is 9.47 Å². The van der Waals surface area contributed by atoms with Gasteiger partial charge in [0.25, 0.3) is 0 Å². The first-order chi connectivity index (χ1) is 11.8. The molecule has 0 radical (unpaired) electrons. The summed E-state index contributed by atoms with van der Waals surface area (Å²) in [6.07, 6.45) is 6.45. The molecular weight excluding hydrogens is 302 g/mol. The van der Waals surface area contributed by atoms with Crippen molar-refractivity contribution < 1.29 is 9.47 Å². The lowest BCUT2D eigenvalue weighted by Gasteiger charge is -2.18. The Morgan fingerprint density at radius 1 is 1.29 bits per heavy atom. The number of anilines is 1. The van der Waals surface area contributed by atoms with Crippen molar-refractivity contribution in [2.45, 2.75) is 32.1 Å². The lowest BCUT2D eigenvalue weighted by molar-refractivity contribution is 0.172. The van der Waals surface area contributed by atoms with Gasteiger partial charge < -0.3 is 20.1 Å². The molecule has 2 aliphatic rings. The average molecular weight is 331 g/mol. The van der Waals surface area contributed by atoms with Gasteiger partial charge >= 0.3 is 0 Å². The Bertz CT molecular complexity index is 565. The quantitative estimate of drug-likeness (QED) is 0.414. The molecule has 2 aliphatic carbocycles. The molecule has 0 atom stereocenters. The molecule has 0 heterocycles. The van der Waals surface area contributed by atoms with Crippen LogP contribution in [0.25, 0.3) is 0 Å². The van der Waals surface area contributed by atoms with Crippen LogP contribution in [0.15, 0.2) is 29.3 Å². The van der Waals surface area contributed by atoms with Crippen molar-refractivity contribution in [3.05, 3.63) is 24.3 Å². The molecule has 132 valence electrons. The molecule has 24 heavy (non-hydrogen) atoms. The van der Waals surface area contributed by atoms with E-state index in [1.165, 1.54) is 25.7 Å². The second kappa shape index (κ2) is 7.88. The van der Waals surface area contributed by atoms with Gasteiger partial charge in [-0.2, -0.15) is 0 Å². The van der Waals surface area contributed by atoms with Crippen LogP contribution >= 0.6 is 0 Å². The Kier molecular flexibility index (Phi) is 5.61. The van der Waals surface area contributed by atoms with Crippen molar-refractivity contribution in [3.8, 4) is 5.75 Å². The van der Waals surface area contributed by atoms with Gasteiger partial charge in [-0.1, -0.05) is 6.07 Å². The Morgan fingerprint density at radius 3 is 2.79 bits per heavy atom. The highest BCUT2D eigenvalue weighted by molar-refractivity contribution is 5.93. The Labute approximate surface area is 144 Å². The van der Waals surface area contributed by atoms with E-state index in [0.717, 1.165) is 42.9 Å². The maximum atomic E-state index is 5.75. The Morgan fingerprint density at radius 2 is 2.12 bits per heavy atom. The molecule has 1 aromatic carbocycles. The molecule has 2 saturated carbocycles. The minimum absolute atomic E-state index is 0.559. The maximum Gasteiger partial charge on any atom is 0.195 e. The van der Waals surface area contributed by atoms with Crippen molar-refractivity contribution in [1.29, 1.82) is 0 Å². The van der Waals surface area contributed by atoms with Crippen LogP contribution in [0.3, 0.4) is 0 Å². The third-order valence-electron chi connectivity index (χ3n) is 5.03. The van der Waals surface area contributed by atoms with E-state index >= 15 is 0 Å². The highest BCUT2D eigenvalue weighted by Crippen LogP contribution is 2.60. The minimum atomic E-state index is 0.559. The molecule has 0 unspecified atom stereocenters. The number of hydrogen-bond donors (Lipinski definition) is 2. The summed E-state index contributed by atoms with van der Waals surface area (Å²) in [5.74, 6) is 2.65. The molecule has 5 nitrogen and oxygen atoms in total. The van der Waals surface area contributed by atoms with Crippen LogP contribution in [0.2, 0.25) is 0 Å². The molecule has 1 aromatic rings. The number of guanidine groups is 1. The SMILES string of the molecule is CN=C(NCC1(C2CC2)CC1)Nc1cccc(OCCCOC)c1. The van der Waals surface area contributed by atoms with Crippen LogP contribution in [0.5, 0.6) is 5.75 Å². The van der Waals surface area contributed by atoms with Crippen LogP contribution in [-0.2, 0) is 4.74 Å². The number of hydrogen-bond acceptors (Lipinski definition) is 3. The summed E-state index contributed by atoms with van der Waals surface area (Å²) in [5, 5.41) is 6.87. The normalized spacial score (nSPS) is 19.0. The monoisotopic (exact) mass is 331 g/mol. The number of aliphatic imine (C=N–C) groups is 1. The van der Waals surface area contributed by atoms with Crippen LogP contribution in [-0.4, -0.2) is 39.9 Å². The molecule has 0 aromatic heterocycles. The van der Waals surface area contributed by atoms with E-state index < -0.39 is 0 Å². The molecule has 2 N–H and O–H groups in total. The van der Waals surface area contributed by atoms with E-state index in [1.807, 2.05) is 31.3 Å². The lowest BCUT2D eigenvalue weighted by Crippen LogP contribution is -2.36. The average Bonchev–Trinajstić information content (AvgIpc) is 3.48. The van der Waals surface area contributed by atoms with E-state index in [0.29, 0.717) is 12.0 Å². The molecule has 0 saturated heterocycles. The molecule has 0 aliphatic heterocycles. The summed E-state index contributed by atoms with van der Waals surface area (Å²) in [5.41, 5.74) is 1.55. The third kappa shape index (κ3) is 4.63. The first kappa shape index (κ1) is 17.1. The molecule has 2 fully saturated rings. The molecule has 0 bridgehead atoms. The zero-order chi connectivity index (χ0) is 16.8. The summed E-state index contributed by atoms with van der Waals surface area (Å²) in [6, 6.07) is 8.00. The molecular formula is C19H29N3O2. The van der Waals surface area contributed by atoms with E-state index in [1.54, 1.807) is 7.11 Å². The molecule has 0 spiro atoms. The fourth-order valence-corrected chi connectivity index (χ4v) is 3.22. The maximum absolute atomic E-state index is 5.75. The van der Waals surface area contributed by atoms with Crippen molar-refractivity contribution in [2.24, 2.45) is 16.3 Å². The van der Waals surface area contributed by atoms with Crippen molar-refractivity contribution in [2.75, 3.05) is 39.2 Å². The van der Waals surface area contributed by atoms with Crippen molar-refractivity contribution >= 4 is 11.6 Å². The van der Waals surface area contributed by atoms with Gasteiger partial charge in [0.1, 0.15) is 5.75 Å². The molecule has 3 rings (SSSR count). The van der Waals surface area contributed by atoms with Crippen LogP contribution in [0.4, 0.5) is 5.69 Å². The number of ether oxygens (including phenoxy) is 2. The summed E-state index contributed by atoms with van der Waals surface area (Å²) in [4.78, 5) is 4.35. The Hall–Kier alpha value is -1.75. The van der Waals surface area contributed by atoms with Gasteiger partial charge in [-0.25, -0.2) is 0 Å². The van der Waals surface area contributed by atoms with Gasteiger partial charge in [-0.05, 0) is 49.1 Å². The fraction of sp³-hybridized carbons (Fsp3) is 0.632. The van der Waals surface area contributed by atoms with Crippen molar-refractivity contribution in [1.82, 2.24) is 5.32 Å². The van der Waals surface area contributed by atoms with E-state index in [2.05, 4.69) is 15.6 Å². The van der Waals surface area contributed by atoms with Gasteiger partial charge in [0.15, 0.2) is 5.96 Å². The van der Waals surface area contributed by atoms with Gasteiger partial charge in [-0.15, -0.1) is 0 Å². The van der Waals surface area contributed by atoms with Gasteiger partial charge in [0, 0.05) is 45.5 Å². The predicted molar refractivity (Wildman–Crippen MR) is 97.8 cm³/mol. The topological polar surface area (TPSA) is 54.9 Å². The Balaban J connectivity index is 1.48. The second-order valence-electron chi connectivity index (χ2n) is 6.91. The lowest BCUT2D eigenvalue weighted by atomic mass is 10.0. The number of rotatable bonds is 9. The summed E-state index contributed by atoms with van der Waals surface area (Å²) >= 11 is 0. The van der Waals surface area contributed by atoms with Crippen molar-refractivity contribution in [3.63, 3.8) is 0 Å². The minimum Gasteiger partial charge on any atom is -0.493 e. The number of methoxy groups -OCH3 is 1. The first-order valence-electron chi connectivity index (χ1n) is 8.95. The second-order valence-corrected chi connectivity index (χ2v) is 6.91. The fourth-order valence-electron chi connectivity index (χ4n) is 3.22. The molecule has 0 amide bonds. The summed E-state index contributed by atoms with van der Waals surface area (Å²) in [6.45, 7) is 2.41. The number of nitrogens with one attached hydrogen (secondary N) is 2. The van der Waals surface area contributed by atoms with Gasteiger partial charge in [0.2, 0.25) is 0 Å². The largest absolute Gasteiger partial charge is 0.493 e. The zero-order valence-corrected chi connectivity index (χ0v) is 14.8. The van der Waals surface area contributed by atoms with E-state index in [9.17, 15) is 0 Å². The predicted octanol–water partition coefficient (Wildman–Crippen LogP) is 3.28. The first-order valence-corrected chi connectivity index (χ1v) is 8.95. The summed E-state index contributed by atoms with van der Waals surface area (Å²) in [7, 11) is 3.52. The third-order valence-corrected chi connectivity index (χ3v) is 5.03. The van der Waals surface area contributed by atoms with Crippen LogP contribution in [0, 0.1) is 11.3 Å². The van der Waals surface area contributed by atoms with Gasteiger partial charge in [0.05, 0.1) is 6.61 Å². The standard InChI is InChI=1S/C19H29N3O2/c1-20-18(21-14-19(9-10-19)15-7-8-15)22-16-5-3-6-17(13-16)24-12-4-11-23-2/h3,5-6,13,15H,4,7-12,14H2,1-2H3,(H2,20,21,22). The van der Waals surface area contributed by atoms with Crippen LogP contribution < -0.4 is 15.4 Å². The van der Waals surface area contributed by atoms with Gasteiger partial charge in [-0.3, -0.25) is 4.99 Å². The highest BCUT2D eigenvalue weighted by atomic mass is 16.5. The zero-order valence-electron chi connectivity index (χ0n) is 14.8. The molecule has 5 heteroatoms. The highest BCUT2D eigenvalue weighted by Gasteiger charge is 2.53. The van der Waals surface area contributed by atoms with E-state index in [-0.39, 0.29) is 0 Å². The van der Waals surface area contributed by atoms with Crippen LogP contribution in [0.1, 0.15) is 32.1 Å².